The van der Waals surface area contributed by atoms with Crippen molar-refractivity contribution in [1.29, 1.82) is 0 Å². The van der Waals surface area contributed by atoms with Gasteiger partial charge in [-0.05, 0) is 13.8 Å². The smallest absolute Gasteiger partial charge is 0.357 e. The van der Waals surface area contributed by atoms with Gasteiger partial charge in [-0.2, -0.15) is 13.2 Å². The van der Waals surface area contributed by atoms with Crippen LogP contribution in [0.15, 0.2) is 4.99 Å². The van der Waals surface area contributed by atoms with Crippen molar-refractivity contribution in [2.75, 3.05) is 72.0 Å². The van der Waals surface area contributed by atoms with Gasteiger partial charge < -0.3 is 15.1 Å². The zero-order chi connectivity index (χ0) is 20.7. The minimum atomic E-state index is -4.19. The number of nitrogens with one attached hydrogen (secondary N) is 1. The summed E-state index contributed by atoms with van der Waals surface area (Å²) in [7, 11) is 0. The number of guanidine groups is 1. The summed E-state index contributed by atoms with van der Waals surface area (Å²) in [5.41, 5.74) is 0. The molecular weight excluding hydrogens is 500 g/mol. The molecule has 1 N–H and O–H groups in total. The van der Waals surface area contributed by atoms with E-state index in [1.54, 1.807) is 6.92 Å². The first kappa shape index (κ1) is 26.2. The Morgan fingerprint density at radius 3 is 2.07 bits per heavy atom. The van der Waals surface area contributed by atoms with Crippen LogP contribution in [0.1, 0.15) is 20.8 Å². The monoisotopic (exact) mass is 534 g/mol. The zero-order valence-corrected chi connectivity index (χ0v) is 19.9. The average Bonchev–Trinajstić information content (AvgIpc) is 2.66. The molecule has 0 radical (unpaired) electrons. The van der Waals surface area contributed by atoms with Crippen LogP contribution in [-0.4, -0.2) is 116 Å². The van der Waals surface area contributed by atoms with Crippen LogP contribution < -0.4 is 5.32 Å². The summed E-state index contributed by atoms with van der Waals surface area (Å²) < 4.78 is 38.7. The van der Waals surface area contributed by atoms with E-state index in [-0.39, 0.29) is 29.9 Å². The van der Waals surface area contributed by atoms with Gasteiger partial charge in [-0.3, -0.25) is 19.6 Å². The van der Waals surface area contributed by atoms with Gasteiger partial charge in [0.2, 0.25) is 5.91 Å². The maximum atomic E-state index is 12.9. The summed E-state index contributed by atoms with van der Waals surface area (Å²) >= 11 is 0. The SMILES string of the molecule is CCNC(=NCCN1CCN(C(C)=O)CC1)N1CCN(C(C)C(F)(F)F)CC1.I. The molecule has 1 atom stereocenters. The van der Waals surface area contributed by atoms with Crippen molar-refractivity contribution in [3.8, 4) is 0 Å². The summed E-state index contributed by atoms with van der Waals surface area (Å²) in [4.78, 5) is 23.7. The maximum Gasteiger partial charge on any atom is 0.403 e. The lowest BCUT2D eigenvalue weighted by molar-refractivity contribution is -0.181. The number of rotatable bonds is 5. The predicted molar refractivity (Wildman–Crippen MR) is 119 cm³/mol. The second-order valence-corrected chi connectivity index (χ2v) is 7.32. The summed E-state index contributed by atoms with van der Waals surface area (Å²) in [5.74, 6) is 0.885. The van der Waals surface area contributed by atoms with Crippen LogP contribution in [0.3, 0.4) is 0 Å². The minimum Gasteiger partial charge on any atom is -0.357 e. The number of hydrogen-bond donors (Lipinski definition) is 1. The van der Waals surface area contributed by atoms with Gasteiger partial charge in [-0.1, -0.05) is 0 Å². The Hall–Kier alpha value is -0.820. The fraction of sp³-hybridized carbons (Fsp3) is 0.889. The standard InChI is InChI=1S/C18H33F3N6O.HI/c1-4-22-17(23-5-6-24-7-9-26(10-8-24)16(3)28)27-13-11-25(12-14-27)15(2)18(19,20)21;/h15H,4-14H2,1-3H3,(H,22,23);1H. The third-order valence-corrected chi connectivity index (χ3v) is 5.47. The first-order valence-corrected chi connectivity index (χ1v) is 10.0. The van der Waals surface area contributed by atoms with Crippen molar-refractivity contribution in [2.45, 2.75) is 33.0 Å². The molecule has 7 nitrogen and oxygen atoms in total. The van der Waals surface area contributed by atoms with E-state index < -0.39 is 12.2 Å². The number of carbonyl (C=O) groups is 1. The molecule has 1 unspecified atom stereocenters. The molecule has 2 rings (SSSR count). The molecule has 29 heavy (non-hydrogen) atoms. The highest BCUT2D eigenvalue weighted by molar-refractivity contribution is 14.0. The van der Waals surface area contributed by atoms with Crippen LogP contribution in [0.4, 0.5) is 13.2 Å². The Kier molecular flexibility index (Phi) is 11.0. The van der Waals surface area contributed by atoms with Gasteiger partial charge in [0.05, 0.1) is 6.54 Å². The molecule has 2 aliphatic heterocycles. The molecule has 0 saturated carbocycles. The van der Waals surface area contributed by atoms with Crippen molar-refractivity contribution in [3.63, 3.8) is 0 Å². The number of halogens is 4. The van der Waals surface area contributed by atoms with Crippen LogP contribution in [-0.2, 0) is 4.79 Å². The van der Waals surface area contributed by atoms with E-state index in [0.717, 1.165) is 45.2 Å². The van der Waals surface area contributed by atoms with Crippen molar-refractivity contribution < 1.29 is 18.0 Å². The maximum absolute atomic E-state index is 12.9. The zero-order valence-electron chi connectivity index (χ0n) is 17.5. The molecule has 0 aromatic carbocycles. The number of amides is 1. The minimum absolute atomic E-state index is 0. The summed E-state index contributed by atoms with van der Waals surface area (Å²) in [6.45, 7) is 12.0. The first-order valence-electron chi connectivity index (χ1n) is 10.0. The predicted octanol–water partition coefficient (Wildman–Crippen LogP) is 1.30. The lowest BCUT2D eigenvalue weighted by Gasteiger charge is -2.39. The number of nitrogens with zero attached hydrogens (tertiary/aromatic N) is 5. The van der Waals surface area contributed by atoms with E-state index >= 15 is 0 Å². The topological polar surface area (TPSA) is 54.4 Å². The van der Waals surface area contributed by atoms with Gasteiger partial charge >= 0.3 is 6.18 Å². The third kappa shape index (κ3) is 8.08. The Bertz CT molecular complexity index is 532. The number of aliphatic imine (C=N–C) groups is 1. The molecule has 170 valence electrons. The molecule has 11 heteroatoms. The van der Waals surface area contributed by atoms with Gasteiger partial charge in [0.1, 0.15) is 6.04 Å². The van der Waals surface area contributed by atoms with E-state index in [2.05, 4.69) is 15.2 Å². The molecule has 2 aliphatic rings. The summed E-state index contributed by atoms with van der Waals surface area (Å²) in [5, 5.41) is 3.25. The van der Waals surface area contributed by atoms with Gasteiger partial charge in [0, 0.05) is 72.4 Å². The molecule has 0 aromatic rings. The van der Waals surface area contributed by atoms with Gasteiger partial charge in [-0.25, -0.2) is 0 Å². The van der Waals surface area contributed by atoms with E-state index in [1.807, 2.05) is 16.7 Å². The highest BCUT2D eigenvalue weighted by Crippen LogP contribution is 2.25. The van der Waals surface area contributed by atoms with Gasteiger partial charge in [-0.15, -0.1) is 24.0 Å². The second-order valence-electron chi connectivity index (χ2n) is 7.32. The fourth-order valence-corrected chi connectivity index (χ4v) is 3.54. The number of carbonyl (C=O) groups excluding carboxylic acids is 1. The van der Waals surface area contributed by atoms with Crippen molar-refractivity contribution >= 4 is 35.8 Å². The highest BCUT2D eigenvalue weighted by atomic mass is 127. The van der Waals surface area contributed by atoms with Crippen LogP contribution in [0.2, 0.25) is 0 Å². The number of piperazine rings is 2. The van der Waals surface area contributed by atoms with Crippen LogP contribution in [0.25, 0.3) is 0 Å². The van der Waals surface area contributed by atoms with Crippen molar-refractivity contribution in [1.82, 2.24) is 24.9 Å². The Morgan fingerprint density at radius 2 is 1.59 bits per heavy atom. The fourth-order valence-electron chi connectivity index (χ4n) is 3.54. The molecule has 2 heterocycles. The molecule has 1 amide bonds. The molecule has 2 saturated heterocycles. The third-order valence-electron chi connectivity index (χ3n) is 5.47. The molecule has 2 fully saturated rings. The van der Waals surface area contributed by atoms with Crippen molar-refractivity contribution in [3.05, 3.63) is 0 Å². The largest absolute Gasteiger partial charge is 0.403 e. The van der Waals surface area contributed by atoms with E-state index in [4.69, 9.17) is 0 Å². The molecule has 0 bridgehead atoms. The highest BCUT2D eigenvalue weighted by Gasteiger charge is 2.41. The Morgan fingerprint density at radius 1 is 1.03 bits per heavy atom. The molecule has 0 aromatic heterocycles. The van der Waals surface area contributed by atoms with Crippen molar-refractivity contribution in [2.24, 2.45) is 4.99 Å². The lowest BCUT2D eigenvalue weighted by atomic mass is 10.2. The average molecular weight is 534 g/mol. The molecular formula is C18H34F3IN6O. The molecule has 0 spiro atoms. The second kappa shape index (κ2) is 12.1. The van der Waals surface area contributed by atoms with Gasteiger partial charge in [0.25, 0.3) is 0 Å². The summed E-state index contributed by atoms with van der Waals surface area (Å²) in [6.07, 6.45) is -4.19. The van der Waals surface area contributed by atoms with Crippen LogP contribution in [0, 0.1) is 0 Å². The molecule has 0 aliphatic carbocycles. The van der Waals surface area contributed by atoms with E-state index in [9.17, 15) is 18.0 Å². The Labute approximate surface area is 188 Å². The summed E-state index contributed by atoms with van der Waals surface area (Å²) in [6, 6.07) is -1.41. The van der Waals surface area contributed by atoms with Crippen LogP contribution >= 0.6 is 24.0 Å². The quantitative estimate of drug-likeness (QED) is 0.328. The first-order chi connectivity index (χ1) is 13.2. The lowest BCUT2D eigenvalue weighted by Crippen LogP contribution is -2.56. The van der Waals surface area contributed by atoms with Crippen LogP contribution in [0.5, 0.6) is 0 Å². The van der Waals surface area contributed by atoms with E-state index in [0.29, 0.717) is 32.7 Å². The normalized spacial score (nSPS) is 21.0. The number of hydrogen-bond acceptors (Lipinski definition) is 4. The van der Waals surface area contributed by atoms with Gasteiger partial charge in [0.15, 0.2) is 5.96 Å². The Balaban J connectivity index is 0.00000420. The number of alkyl halides is 3. The van der Waals surface area contributed by atoms with E-state index in [1.165, 1.54) is 11.8 Å².